The predicted molar refractivity (Wildman–Crippen MR) is 111 cm³/mol. The van der Waals surface area contributed by atoms with E-state index < -0.39 is 30.6 Å². The van der Waals surface area contributed by atoms with Gasteiger partial charge in [0, 0.05) is 12.6 Å². The molecule has 0 fully saturated rings. The van der Waals surface area contributed by atoms with Gasteiger partial charge in [-0.25, -0.2) is 13.0 Å². The smallest absolute Gasteiger partial charge is 0.371 e. The maximum Gasteiger partial charge on any atom is 0.469 e. The van der Waals surface area contributed by atoms with Crippen LogP contribution < -0.4 is 0 Å². The van der Waals surface area contributed by atoms with Gasteiger partial charge in [0.2, 0.25) is 10.0 Å². The minimum absolute atomic E-state index is 0.0220. The van der Waals surface area contributed by atoms with Crippen molar-refractivity contribution in [3.05, 3.63) is 0 Å². The van der Waals surface area contributed by atoms with Crippen LogP contribution in [-0.4, -0.2) is 60.2 Å². The van der Waals surface area contributed by atoms with E-state index in [2.05, 4.69) is 4.52 Å². The second-order valence-corrected chi connectivity index (χ2v) is 11.4. The van der Waals surface area contributed by atoms with Gasteiger partial charge in [0.15, 0.2) is 0 Å². The number of hydrogen-bond donors (Lipinski definition) is 2. The molecule has 28 heavy (non-hydrogen) atoms. The topological polar surface area (TPSA) is 113 Å². The Labute approximate surface area is 171 Å². The van der Waals surface area contributed by atoms with Gasteiger partial charge in [-0.3, -0.25) is 4.52 Å². The highest BCUT2D eigenvalue weighted by molar-refractivity contribution is 7.88. The van der Waals surface area contributed by atoms with Crippen LogP contribution in [0.1, 0.15) is 67.7 Å². The summed E-state index contributed by atoms with van der Waals surface area (Å²) in [7, 11) is -8.25. The van der Waals surface area contributed by atoms with Crippen LogP contribution in [0.15, 0.2) is 0 Å². The Kier molecular flexibility index (Phi) is 11.4. The van der Waals surface area contributed by atoms with E-state index in [1.807, 2.05) is 48.5 Å². The first-order valence-electron chi connectivity index (χ1n) is 9.91. The van der Waals surface area contributed by atoms with Crippen molar-refractivity contribution in [1.29, 1.82) is 0 Å². The third-order valence-electron chi connectivity index (χ3n) is 5.74. The SMILES string of the molecule is CCC(C)C(CC)N(CC(COP(=O)(O)O)OC(C)C(C)(C)CC)S(C)(=O)=O. The van der Waals surface area contributed by atoms with Crippen LogP contribution in [0.25, 0.3) is 0 Å². The second-order valence-electron chi connectivity index (χ2n) is 8.22. The summed E-state index contributed by atoms with van der Waals surface area (Å²) in [6.07, 6.45) is 2.37. The summed E-state index contributed by atoms with van der Waals surface area (Å²) < 4.78 is 48.3. The molecule has 0 saturated carbocycles. The van der Waals surface area contributed by atoms with Crippen LogP contribution in [0.4, 0.5) is 0 Å². The van der Waals surface area contributed by atoms with Crippen LogP contribution in [0.5, 0.6) is 0 Å². The van der Waals surface area contributed by atoms with E-state index in [-0.39, 0.29) is 30.0 Å². The fourth-order valence-electron chi connectivity index (χ4n) is 2.95. The van der Waals surface area contributed by atoms with E-state index in [9.17, 15) is 13.0 Å². The Balaban J connectivity index is 5.72. The number of sulfonamides is 1. The number of rotatable bonds is 14. The van der Waals surface area contributed by atoms with Gasteiger partial charge in [-0.2, -0.15) is 4.31 Å². The molecule has 4 atom stereocenters. The quantitative estimate of drug-likeness (QED) is 0.394. The largest absolute Gasteiger partial charge is 0.469 e. The normalized spacial score (nSPS) is 18.1. The van der Waals surface area contributed by atoms with E-state index >= 15 is 0 Å². The van der Waals surface area contributed by atoms with Crippen LogP contribution in [0.3, 0.4) is 0 Å². The number of hydrogen-bond acceptors (Lipinski definition) is 5. The van der Waals surface area contributed by atoms with E-state index in [1.165, 1.54) is 4.31 Å². The monoisotopic (exact) mass is 445 g/mol. The molecule has 0 bridgehead atoms. The van der Waals surface area contributed by atoms with Crippen LogP contribution in [-0.2, 0) is 23.8 Å². The molecule has 0 spiro atoms. The highest BCUT2D eigenvalue weighted by atomic mass is 32.2. The molecule has 0 aliphatic rings. The molecule has 0 aromatic rings. The first-order chi connectivity index (χ1) is 12.6. The first kappa shape index (κ1) is 28.0. The van der Waals surface area contributed by atoms with Crippen molar-refractivity contribution in [2.75, 3.05) is 19.4 Å². The van der Waals surface area contributed by atoms with Crippen molar-refractivity contribution in [1.82, 2.24) is 4.31 Å². The maximum absolute atomic E-state index is 12.5. The Bertz CT molecular complexity index is 605. The molecule has 2 N–H and O–H groups in total. The number of nitrogens with zero attached hydrogens (tertiary/aromatic N) is 1. The zero-order valence-corrected chi connectivity index (χ0v) is 20.3. The third-order valence-corrected chi connectivity index (χ3v) is 7.49. The van der Waals surface area contributed by atoms with Gasteiger partial charge in [0.25, 0.3) is 0 Å². The summed E-state index contributed by atoms with van der Waals surface area (Å²) in [6, 6.07) is -0.226. The molecule has 0 amide bonds. The summed E-state index contributed by atoms with van der Waals surface area (Å²) in [5.74, 6) is 0.132. The molecule has 170 valence electrons. The molecule has 0 aromatic heterocycles. The van der Waals surface area contributed by atoms with Gasteiger partial charge in [0.05, 0.1) is 25.1 Å². The van der Waals surface area contributed by atoms with Crippen molar-refractivity contribution < 1.29 is 32.0 Å². The number of ether oxygens (including phenoxy) is 1. The Morgan fingerprint density at radius 1 is 1.11 bits per heavy atom. The van der Waals surface area contributed by atoms with Gasteiger partial charge in [0.1, 0.15) is 0 Å². The second kappa shape index (κ2) is 11.4. The van der Waals surface area contributed by atoms with Crippen molar-refractivity contribution in [2.24, 2.45) is 11.3 Å². The molecule has 0 aliphatic carbocycles. The fourth-order valence-corrected chi connectivity index (χ4v) is 4.60. The van der Waals surface area contributed by atoms with Gasteiger partial charge in [-0.05, 0) is 31.1 Å². The average molecular weight is 446 g/mol. The molecule has 0 saturated heterocycles. The van der Waals surface area contributed by atoms with Crippen LogP contribution >= 0.6 is 7.82 Å². The average Bonchev–Trinajstić information content (AvgIpc) is 2.56. The van der Waals surface area contributed by atoms with E-state index in [4.69, 9.17) is 14.5 Å². The zero-order chi connectivity index (χ0) is 22.3. The predicted octanol–water partition coefficient (Wildman–Crippen LogP) is 3.39. The minimum Gasteiger partial charge on any atom is -0.371 e. The molecule has 0 radical (unpaired) electrons. The fraction of sp³-hybridized carbons (Fsp3) is 1.00. The Morgan fingerprint density at radius 3 is 2.00 bits per heavy atom. The third kappa shape index (κ3) is 9.65. The van der Waals surface area contributed by atoms with Gasteiger partial charge in [-0.15, -0.1) is 0 Å². The molecular formula is C18H40NO7PS. The molecule has 10 heteroatoms. The summed E-state index contributed by atoms with van der Waals surface area (Å²) in [5, 5.41) is 0. The van der Waals surface area contributed by atoms with E-state index in [1.54, 1.807) is 0 Å². The van der Waals surface area contributed by atoms with Crippen molar-refractivity contribution in [3.63, 3.8) is 0 Å². The van der Waals surface area contributed by atoms with Crippen molar-refractivity contribution in [2.45, 2.75) is 86.0 Å². The van der Waals surface area contributed by atoms with Crippen LogP contribution in [0.2, 0.25) is 0 Å². The minimum atomic E-state index is -4.70. The summed E-state index contributed by atoms with van der Waals surface area (Å²) >= 11 is 0. The van der Waals surface area contributed by atoms with Gasteiger partial charge in [-0.1, -0.05) is 48.0 Å². The van der Waals surface area contributed by atoms with Crippen LogP contribution in [0, 0.1) is 11.3 Å². The lowest BCUT2D eigenvalue weighted by Gasteiger charge is -2.38. The highest BCUT2D eigenvalue weighted by Crippen LogP contribution is 2.37. The molecular weight excluding hydrogens is 405 g/mol. The maximum atomic E-state index is 12.5. The molecule has 0 heterocycles. The number of phosphoric ester groups is 1. The van der Waals surface area contributed by atoms with Gasteiger partial charge < -0.3 is 14.5 Å². The lowest BCUT2D eigenvalue weighted by atomic mass is 9.84. The molecule has 8 nitrogen and oxygen atoms in total. The van der Waals surface area contributed by atoms with E-state index in [0.717, 1.165) is 19.1 Å². The molecule has 4 unspecified atom stereocenters. The zero-order valence-electron chi connectivity index (χ0n) is 18.6. The Morgan fingerprint density at radius 2 is 1.64 bits per heavy atom. The highest BCUT2D eigenvalue weighted by Gasteiger charge is 2.35. The summed E-state index contributed by atoms with van der Waals surface area (Å²) in [6.45, 7) is 13.5. The summed E-state index contributed by atoms with van der Waals surface area (Å²) in [4.78, 5) is 18.2. The molecule has 0 rings (SSSR count). The number of phosphoric acid groups is 1. The summed E-state index contributed by atoms with van der Waals surface area (Å²) in [5.41, 5.74) is -0.183. The Hall–Kier alpha value is -0.0200. The lowest BCUT2D eigenvalue weighted by Crippen LogP contribution is -2.49. The first-order valence-corrected chi connectivity index (χ1v) is 13.3. The standard InChI is InChI=1S/C18H40NO7PS/c1-9-14(4)17(10-2)19(28(8,23)24)12-16(13-25-27(20,21)22)26-15(5)18(6,7)11-3/h14-17H,9-13H2,1-8H3,(H2,20,21,22). The molecule has 0 aliphatic heterocycles. The van der Waals surface area contributed by atoms with Gasteiger partial charge >= 0.3 is 7.82 Å². The van der Waals surface area contributed by atoms with Crippen molar-refractivity contribution >= 4 is 17.8 Å². The molecule has 0 aromatic carbocycles. The van der Waals surface area contributed by atoms with E-state index in [0.29, 0.717) is 6.42 Å². The van der Waals surface area contributed by atoms with Crippen molar-refractivity contribution in [3.8, 4) is 0 Å². The lowest BCUT2D eigenvalue weighted by molar-refractivity contribution is -0.0865.